The quantitative estimate of drug-likeness (QED) is 0.376. The fourth-order valence-electron chi connectivity index (χ4n) is 4.47. The molecule has 208 valence electrons. The van der Waals surface area contributed by atoms with Gasteiger partial charge in [0.2, 0.25) is 5.91 Å². The van der Waals surface area contributed by atoms with Gasteiger partial charge in [0.15, 0.2) is 16.8 Å². The number of nitrogens with one attached hydrogen (secondary N) is 1. The van der Waals surface area contributed by atoms with Crippen LogP contribution in [0.3, 0.4) is 0 Å². The Balaban J connectivity index is 1.38. The number of fused-ring (bicyclic) bond motifs is 1. The topological polar surface area (TPSA) is 71.5 Å². The van der Waals surface area contributed by atoms with Crippen molar-refractivity contribution in [1.82, 2.24) is 9.88 Å². The van der Waals surface area contributed by atoms with E-state index in [0.29, 0.717) is 39.3 Å². The Morgan fingerprint density at radius 2 is 1.84 bits per heavy atom. The molecule has 0 unspecified atom stereocenters. The average molecular weight is 584 g/mol. The van der Waals surface area contributed by atoms with Crippen LogP contribution >= 0.6 is 22.9 Å². The largest absolute Gasteiger partial charge is 0.490 e. The number of anilines is 2. The number of likely N-dealkylation sites (tertiary alicyclic amines) is 1. The zero-order valence-electron chi connectivity index (χ0n) is 20.1. The van der Waals surface area contributed by atoms with E-state index in [1.807, 2.05) is 0 Å². The van der Waals surface area contributed by atoms with E-state index in [0.717, 1.165) is 22.6 Å². The number of Topliss-reactive ketones (excluding diaryl/α,β-unsaturated/α-hetero) is 1. The summed E-state index contributed by atoms with van der Waals surface area (Å²) in [5.74, 6) is -4.44. The van der Waals surface area contributed by atoms with Crippen molar-refractivity contribution >= 4 is 45.4 Å². The molecule has 1 N–H and O–H groups in total. The van der Waals surface area contributed by atoms with Gasteiger partial charge in [-0.05, 0) is 31.9 Å². The lowest BCUT2D eigenvalue weighted by atomic mass is 10.0. The van der Waals surface area contributed by atoms with Gasteiger partial charge in [0.1, 0.15) is 17.5 Å². The van der Waals surface area contributed by atoms with Crippen molar-refractivity contribution in [2.24, 2.45) is 5.92 Å². The molecule has 2 aliphatic rings. The van der Waals surface area contributed by atoms with Crippen LogP contribution in [0.25, 0.3) is 0 Å². The Morgan fingerprint density at radius 3 is 2.45 bits per heavy atom. The maximum atomic E-state index is 12.8. The first-order chi connectivity index (χ1) is 17.7. The molecular formula is C24H24ClF6N3O3S. The standard InChI is InChI=1S/C24H24ClF6N3O3S/c1-12-15(32-22-33-21-16(35)3-2-4-18(21)38-22)9-13(25)10-17(12)37-14-5-7-34(8-6-14)20(36)11-19(23(26,27)28)24(29,30)31/h9-10,14,19H,2-8,11H2,1H3,(H,32,33). The lowest BCUT2D eigenvalue weighted by molar-refractivity contribution is -0.284. The lowest BCUT2D eigenvalue weighted by Crippen LogP contribution is -2.45. The van der Waals surface area contributed by atoms with Crippen molar-refractivity contribution in [2.45, 2.75) is 63.9 Å². The summed E-state index contributed by atoms with van der Waals surface area (Å²) in [4.78, 5) is 30.7. The highest BCUT2D eigenvalue weighted by Crippen LogP contribution is 2.42. The van der Waals surface area contributed by atoms with Crippen LogP contribution in [0.15, 0.2) is 12.1 Å². The predicted octanol–water partition coefficient (Wildman–Crippen LogP) is 6.87. The molecule has 2 heterocycles. The summed E-state index contributed by atoms with van der Waals surface area (Å²) >= 11 is 7.68. The number of thiazole rings is 1. The highest BCUT2D eigenvalue weighted by atomic mass is 35.5. The first-order valence-corrected chi connectivity index (χ1v) is 13.1. The van der Waals surface area contributed by atoms with Gasteiger partial charge in [-0.2, -0.15) is 26.3 Å². The van der Waals surface area contributed by atoms with Crippen molar-refractivity contribution in [3.63, 3.8) is 0 Å². The van der Waals surface area contributed by atoms with E-state index in [1.165, 1.54) is 11.3 Å². The summed E-state index contributed by atoms with van der Waals surface area (Å²) in [7, 11) is 0. The van der Waals surface area contributed by atoms with E-state index in [1.54, 1.807) is 19.1 Å². The van der Waals surface area contributed by atoms with E-state index in [4.69, 9.17) is 16.3 Å². The molecule has 1 aromatic heterocycles. The first kappa shape index (κ1) is 28.5. The molecule has 1 fully saturated rings. The fraction of sp³-hybridized carbons (Fsp3) is 0.542. The molecule has 14 heteroatoms. The third-order valence-electron chi connectivity index (χ3n) is 6.59. The molecule has 0 spiro atoms. The lowest BCUT2D eigenvalue weighted by Gasteiger charge is -2.34. The zero-order chi connectivity index (χ0) is 27.8. The number of hydrogen-bond acceptors (Lipinski definition) is 6. The number of benzene rings is 1. The second-order valence-electron chi connectivity index (χ2n) is 9.31. The number of piperidine rings is 1. The van der Waals surface area contributed by atoms with Gasteiger partial charge >= 0.3 is 12.4 Å². The monoisotopic (exact) mass is 583 g/mol. The summed E-state index contributed by atoms with van der Waals surface area (Å²) in [6, 6.07) is 3.29. The summed E-state index contributed by atoms with van der Waals surface area (Å²) in [5.41, 5.74) is 1.80. The van der Waals surface area contributed by atoms with Crippen LogP contribution in [0.1, 0.15) is 53.0 Å². The Hall–Kier alpha value is -2.54. The van der Waals surface area contributed by atoms with Gasteiger partial charge in [0.25, 0.3) is 0 Å². The van der Waals surface area contributed by atoms with Gasteiger partial charge in [-0.15, -0.1) is 11.3 Å². The molecule has 1 aromatic carbocycles. The molecule has 6 nitrogen and oxygen atoms in total. The Bertz CT molecular complexity index is 1190. The normalized spacial score (nSPS) is 17.1. The minimum atomic E-state index is -5.56. The van der Waals surface area contributed by atoms with Crippen LogP contribution in [0.4, 0.5) is 37.2 Å². The van der Waals surface area contributed by atoms with Gasteiger partial charge < -0.3 is 15.0 Å². The number of alkyl halides is 6. The first-order valence-electron chi connectivity index (χ1n) is 11.9. The van der Waals surface area contributed by atoms with E-state index in [-0.39, 0.29) is 31.7 Å². The number of aromatic nitrogens is 1. The smallest absolute Gasteiger partial charge is 0.400 e. The number of ether oxygens (including phenoxy) is 1. The van der Waals surface area contributed by atoms with Crippen LogP contribution in [0.2, 0.25) is 5.02 Å². The molecule has 0 radical (unpaired) electrons. The number of halogens is 7. The molecule has 38 heavy (non-hydrogen) atoms. The minimum absolute atomic E-state index is 0.0135. The molecule has 1 aliphatic carbocycles. The van der Waals surface area contributed by atoms with E-state index >= 15 is 0 Å². The third kappa shape index (κ3) is 6.53. The van der Waals surface area contributed by atoms with Gasteiger partial charge in [-0.1, -0.05) is 11.6 Å². The molecule has 2 aromatic rings. The highest BCUT2D eigenvalue weighted by Gasteiger charge is 2.57. The number of ketones is 1. The van der Waals surface area contributed by atoms with Gasteiger partial charge in [0.05, 0.1) is 0 Å². The SMILES string of the molecule is Cc1c(Nc2nc3c(s2)CCCC3=O)cc(Cl)cc1OC1CCN(C(=O)CC(C(F)(F)F)C(F)(F)F)CC1. The summed E-state index contributed by atoms with van der Waals surface area (Å²) in [6.45, 7) is 1.73. The van der Waals surface area contributed by atoms with Crippen LogP contribution in [-0.4, -0.2) is 53.1 Å². The molecule has 1 saturated heterocycles. The van der Waals surface area contributed by atoms with E-state index in [9.17, 15) is 35.9 Å². The van der Waals surface area contributed by atoms with Crippen molar-refractivity contribution in [3.8, 4) is 5.75 Å². The fourth-order valence-corrected chi connectivity index (χ4v) is 5.71. The molecule has 0 bridgehead atoms. The van der Waals surface area contributed by atoms with Crippen LogP contribution < -0.4 is 10.1 Å². The van der Waals surface area contributed by atoms with Crippen molar-refractivity contribution in [3.05, 3.63) is 33.3 Å². The number of nitrogens with zero attached hydrogens (tertiary/aromatic N) is 2. The maximum absolute atomic E-state index is 12.8. The molecule has 1 amide bonds. The van der Waals surface area contributed by atoms with Crippen LogP contribution in [-0.2, 0) is 11.2 Å². The average Bonchev–Trinajstić information content (AvgIpc) is 3.23. The highest BCUT2D eigenvalue weighted by molar-refractivity contribution is 7.16. The number of rotatable bonds is 6. The Morgan fingerprint density at radius 1 is 1.18 bits per heavy atom. The molecule has 1 aliphatic heterocycles. The number of amides is 1. The number of carbonyl (C=O) groups is 2. The minimum Gasteiger partial charge on any atom is -0.490 e. The second-order valence-corrected chi connectivity index (χ2v) is 10.8. The Labute approximate surface area is 223 Å². The number of hydrogen-bond donors (Lipinski definition) is 1. The second kappa shape index (κ2) is 10.9. The summed E-state index contributed by atoms with van der Waals surface area (Å²) in [5, 5.41) is 4.10. The Kier molecular flexibility index (Phi) is 8.17. The van der Waals surface area contributed by atoms with Crippen molar-refractivity contribution in [2.75, 3.05) is 18.4 Å². The van der Waals surface area contributed by atoms with Gasteiger partial charge in [0, 0.05) is 59.9 Å². The number of aryl methyl sites for hydroxylation is 1. The summed E-state index contributed by atoms with van der Waals surface area (Å²) < 4.78 is 83.0. The molecule has 0 saturated carbocycles. The van der Waals surface area contributed by atoms with Crippen molar-refractivity contribution in [1.29, 1.82) is 0 Å². The maximum Gasteiger partial charge on any atom is 0.400 e. The predicted molar refractivity (Wildman–Crippen MR) is 129 cm³/mol. The van der Waals surface area contributed by atoms with E-state index in [2.05, 4.69) is 10.3 Å². The molecule has 4 rings (SSSR count). The number of carbonyl (C=O) groups excluding carboxylic acids is 2. The van der Waals surface area contributed by atoms with E-state index < -0.39 is 36.7 Å². The summed E-state index contributed by atoms with van der Waals surface area (Å²) in [6.07, 6.45) is -10.7. The van der Waals surface area contributed by atoms with Crippen molar-refractivity contribution < 1.29 is 40.7 Å². The van der Waals surface area contributed by atoms with Crippen LogP contribution in [0, 0.1) is 12.8 Å². The van der Waals surface area contributed by atoms with Gasteiger partial charge in [-0.25, -0.2) is 4.98 Å². The molecular weight excluding hydrogens is 560 g/mol. The van der Waals surface area contributed by atoms with Crippen LogP contribution in [0.5, 0.6) is 5.75 Å². The molecule has 0 atom stereocenters. The van der Waals surface area contributed by atoms with Gasteiger partial charge in [-0.3, -0.25) is 9.59 Å². The third-order valence-corrected chi connectivity index (χ3v) is 7.84. The zero-order valence-corrected chi connectivity index (χ0v) is 21.7.